The number of carbonyl (C=O) groups is 1. The number of aromatic nitrogens is 3. The number of hydrogen-bond donors (Lipinski definition) is 2. The van der Waals surface area contributed by atoms with Crippen LogP contribution in [0.5, 0.6) is 0 Å². The first-order valence-corrected chi connectivity index (χ1v) is 6.86. The van der Waals surface area contributed by atoms with Crippen molar-refractivity contribution in [2.75, 3.05) is 0 Å². The number of pyridine rings is 1. The zero-order valence-corrected chi connectivity index (χ0v) is 11.1. The number of amides is 1. The molecule has 0 aliphatic heterocycles. The van der Waals surface area contributed by atoms with Crippen LogP contribution in [0, 0.1) is 6.92 Å². The summed E-state index contributed by atoms with van der Waals surface area (Å²) in [6.07, 6.45) is 7.51. The predicted molar refractivity (Wildman–Crippen MR) is 73.0 cm³/mol. The number of fused-ring (bicyclic) bond motifs is 1. The van der Waals surface area contributed by atoms with Crippen molar-refractivity contribution in [3.8, 4) is 0 Å². The molecule has 0 saturated heterocycles. The predicted octanol–water partition coefficient (Wildman–Crippen LogP) is 2.33. The highest BCUT2D eigenvalue weighted by atomic mass is 16.1. The van der Waals surface area contributed by atoms with Gasteiger partial charge in [0.15, 0.2) is 5.65 Å². The van der Waals surface area contributed by atoms with E-state index in [1.165, 1.54) is 19.3 Å². The van der Waals surface area contributed by atoms with Crippen LogP contribution in [-0.4, -0.2) is 26.9 Å². The van der Waals surface area contributed by atoms with E-state index in [1.54, 1.807) is 12.3 Å². The molecule has 2 N–H and O–H groups in total. The van der Waals surface area contributed by atoms with E-state index in [4.69, 9.17) is 0 Å². The summed E-state index contributed by atoms with van der Waals surface area (Å²) in [6.45, 7) is 1.87. The summed E-state index contributed by atoms with van der Waals surface area (Å²) in [5, 5.41) is 3.12. The molecule has 0 atom stereocenters. The van der Waals surface area contributed by atoms with Crippen molar-refractivity contribution in [2.24, 2.45) is 0 Å². The molecule has 0 aromatic carbocycles. The Morgan fingerprint density at radius 1 is 1.37 bits per heavy atom. The topological polar surface area (TPSA) is 70.7 Å². The van der Waals surface area contributed by atoms with Crippen molar-refractivity contribution in [1.82, 2.24) is 20.3 Å². The molecule has 1 aliphatic carbocycles. The maximum Gasteiger partial charge on any atom is 0.253 e. The number of aromatic amines is 1. The van der Waals surface area contributed by atoms with Gasteiger partial charge in [0.05, 0.1) is 11.1 Å². The molecule has 0 bridgehead atoms. The van der Waals surface area contributed by atoms with Crippen LogP contribution in [0.4, 0.5) is 0 Å². The molecule has 2 heterocycles. The minimum Gasteiger partial charge on any atom is -0.349 e. The smallest absolute Gasteiger partial charge is 0.253 e. The van der Waals surface area contributed by atoms with Crippen LogP contribution in [0.2, 0.25) is 0 Å². The molecule has 2 aromatic heterocycles. The van der Waals surface area contributed by atoms with Crippen LogP contribution in [0.1, 0.15) is 48.3 Å². The number of H-pyrrole nitrogens is 1. The Kier molecular flexibility index (Phi) is 3.19. The quantitative estimate of drug-likeness (QED) is 0.868. The van der Waals surface area contributed by atoms with E-state index in [0.717, 1.165) is 24.2 Å². The Labute approximate surface area is 111 Å². The number of aryl methyl sites for hydroxylation is 1. The molecular formula is C14H18N4O. The van der Waals surface area contributed by atoms with Gasteiger partial charge in [-0.2, -0.15) is 0 Å². The van der Waals surface area contributed by atoms with Gasteiger partial charge in [0.25, 0.3) is 5.91 Å². The van der Waals surface area contributed by atoms with Crippen LogP contribution >= 0.6 is 0 Å². The molecular weight excluding hydrogens is 240 g/mol. The Bertz CT molecular complexity index is 599. The fourth-order valence-electron chi connectivity index (χ4n) is 2.73. The van der Waals surface area contributed by atoms with Crippen LogP contribution < -0.4 is 5.32 Å². The number of nitrogens with zero attached hydrogens (tertiary/aromatic N) is 2. The van der Waals surface area contributed by atoms with E-state index >= 15 is 0 Å². The highest BCUT2D eigenvalue weighted by Crippen LogP contribution is 2.19. The molecule has 100 valence electrons. The number of rotatable bonds is 2. The normalized spacial score (nSPS) is 16.7. The number of nitrogens with one attached hydrogen (secondary N) is 2. The minimum absolute atomic E-state index is 0.0250. The van der Waals surface area contributed by atoms with Crippen molar-refractivity contribution in [2.45, 2.75) is 45.1 Å². The minimum atomic E-state index is -0.0250. The van der Waals surface area contributed by atoms with Gasteiger partial charge in [-0.3, -0.25) is 4.79 Å². The molecule has 2 aromatic rings. The fourth-order valence-corrected chi connectivity index (χ4v) is 2.73. The third-order valence-corrected chi connectivity index (χ3v) is 3.70. The van der Waals surface area contributed by atoms with Crippen LogP contribution in [0.3, 0.4) is 0 Å². The standard InChI is InChI=1S/C14H18N4O/c1-9-16-12-11(7-8-15-13(12)17-9)14(19)18-10-5-3-2-4-6-10/h7-8,10H,2-6H2,1H3,(H,18,19)(H,15,16,17). The highest BCUT2D eigenvalue weighted by molar-refractivity contribution is 6.04. The average Bonchev–Trinajstić information content (AvgIpc) is 2.79. The lowest BCUT2D eigenvalue weighted by Gasteiger charge is -2.22. The van der Waals surface area contributed by atoms with Gasteiger partial charge in [0.1, 0.15) is 5.82 Å². The average molecular weight is 258 g/mol. The molecule has 5 heteroatoms. The zero-order valence-electron chi connectivity index (χ0n) is 11.1. The van der Waals surface area contributed by atoms with Crippen LogP contribution in [-0.2, 0) is 0 Å². The van der Waals surface area contributed by atoms with Gasteiger partial charge in [-0.15, -0.1) is 0 Å². The van der Waals surface area contributed by atoms with E-state index in [1.807, 2.05) is 6.92 Å². The highest BCUT2D eigenvalue weighted by Gasteiger charge is 2.19. The lowest BCUT2D eigenvalue weighted by molar-refractivity contribution is 0.0929. The van der Waals surface area contributed by atoms with Gasteiger partial charge in [0, 0.05) is 12.2 Å². The van der Waals surface area contributed by atoms with E-state index in [0.29, 0.717) is 17.3 Å². The largest absolute Gasteiger partial charge is 0.349 e. The summed E-state index contributed by atoms with van der Waals surface area (Å²) in [4.78, 5) is 23.9. The first kappa shape index (κ1) is 12.1. The zero-order chi connectivity index (χ0) is 13.2. The molecule has 0 radical (unpaired) electrons. The molecule has 5 nitrogen and oxygen atoms in total. The number of imidazole rings is 1. The fraction of sp³-hybridized carbons (Fsp3) is 0.500. The van der Waals surface area contributed by atoms with E-state index in [9.17, 15) is 4.79 Å². The van der Waals surface area contributed by atoms with Crippen LogP contribution in [0.15, 0.2) is 12.3 Å². The molecule has 1 aliphatic rings. The summed E-state index contributed by atoms with van der Waals surface area (Å²) in [5.74, 6) is 0.753. The van der Waals surface area contributed by atoms with Gasteiger partial charge in [-0.1, -0.05) is 19.3 Å². The maximum absolute atomic E-state index is 12.3. The third-order valence-electron chi connectivity index (χ3n) is 3.70. The molecule has 19 heavy (non-hydrogen) atoms. The van der Waals surface area contributed by atoms with Gasteiger partial charge >= 0.3 is 0 Å². The molecule has 1 saturated carbocycles. The lowest BCUT2D eigenvalue weighted by atomic mass is 9.95. The molecule has 0 spiro atoms. The summed E-state index contributed by atoms with van der Waals surface area (Å²) < 4.78 is 0. The number of hydrogen-bond acceptors (Lipinski definition) is 3. The Balaban J connectivity index is 1.84. The Morgan fingerprint density at radius 3 is 2.95 bits per heavy atom. The van der Waals surface area contributed by atoms with Crippen LogP contribution in [0.25, 0.3) is 11.2 Å². The van der Waals surface area contributed by atoms with E-state index in [2.05, 4.69) is 20.3 Å². The van der Waals surface area contributed by atoms with Crippen molar-refractivity contribution >= 4 is 17.1 Å². The first-order chi connectivity index (χ1) is 9.24. The van der Waals surface area contributed by atoms with E-state index in [-0.39, 0.29) is 5.91 Å². The molecule has 1 fully saturated rings. The van der Waals surface area contributed by atoms with Gasteiger partial charge in [-0.25, -0.2) is 9.97 Å². The summed E-state index contributed by atoms with van der Waals surface area (Å²) in [7, 11) is 0. The first-order valence-electron chi connectivity index (χ1n) is 6.86. The maximum atomic E-state index is 12.3. The Morgan fingerprint density at radius 2 is 2.16 bits per heavy atom. The monoisotopic (exact) mass is 258 g/mol. The Hall–Kier alpha value is -1.91. The van der Waals surface area contributed by atoms with Crippen molar-refractivity contribution in [3.05, 3.63) is 23.7 Å². The van der Waals surface area contributed by atoms with Crippen molar-refractivity contribution in [1.29, 1.82) is 0 Å². The molecule has 1 amide bonds. The second-order valence-electron chi connectivity index (χ2n) is 5.19. The molecule has 0 unspecified atom stereocenters. The second-order valence-corrected chi connectivity index (χ2v) is 5.19. The van der Waals surface area contributed by atoms with Gasteiger partial charge < -0.3 is 10.3 Å². The molecule has 3 rings (SSSR count). The van der Waals surface area contributed by atoms with Crippen molar-refractivity contribution in [3.63, 3.8) is 0 Å². The summed E-state index contributed by atoms with van der Waals surface area (Å²) in [6, 6.07) is 2.06. The SMILES string of the molecule is Cc1nc2nccc(C(=O)NC3CCCCC3)c2[nH]1. The van der Waals surface area contributed by atoms with Gasteiger partial charge in [0.2, 0.25) is 0 Å². The van der Waals surface area contributed by atoms with E-state index < -0.39 is 0 Å². The van der Waals surface area contributed by atoms with Gasteiger partial charge in [-0.05, 0) is 25.8 Å². The summed E-state index contributed by atoms with van der Waals surface area (Å²) in [5.41, 5.74) is 1.97. The second kappa shape index (κ2) is 4.99. The summed E-state index contributed by atoms with van der Waals surface area (Å²) >= 11 is 0. The number of carbonyl (C=O) groups excluding carboxylic acids is 1. The third kappa shape index (κ3) is 2.45. The lowest BCUT2D eigenvalue weighted by Crippen LogP contribution is -2.36. The van der Waals surface area contributed by atoms with Crippen molar-refractivity contribution < 1.29 is 4.79 Å².